The minimum Gasteiger partial charge on any atom is -0.380 e. The first kappa shape index (κ1) is 14.9. The molecule has 122 valence electrons. The van der Waals surface area contributed by atoms with Gasteiger partial charge in [-0.3, -0.25) is 4.79 Å². The Morgan fingerprint density at radius 3 is 2.52 bits per heavy atom. The van der Waals surface area contributed by atoms with Crippen LogP contribution in [-0.4, -0.2) is 52.7 Å². The minimum atomic E-state index is -1.10. The van der Waals surface area contributed by atoms with Crippen LogP contribution >= 0.6 is 11.3 Å². The van der Waals surface area contributed by atoms with E-state index in [1.54, 1.807) is 11.3 Å². The predicted molar refractivity (Wildman–Crippen MR) is 91.8 cm³/mol. The molecular weight excluding hydrogens is 310 g/mol. The zero-order chi connectivity index (χ0) is 15.9. The summed E-state index contributed by atoms with van der Waals surface area (Å²) in [5.41, 5.74) is -0.0656. The Morgan fingerprint density at radius 1 is 1.13 bits per heavy atom. The zero-order valence-corrected chi connectivity index (χ0v) is 13.9. The SMILES string of the molecule is O=C(N1CCN(c2nc3ccccc3s2)CC1)C1(O)CCCC1. The fourth-order valence-electron chi connectivity index (χ4n) is 3.56. The van der Waals surface area contributed by atoms with Gasteiger partial charge in [0.25, 0.3) is 5.91 Å². The molecule has 2 heterocycles. The van der Waals surface area contributed by atoms with Gasteiger partial charge in [0, 0.05) is 26.2 Å². The Morgan fingerprint density at radius 2 is 1.83 bits per heavy atom. The maximum absolute atomic E-state index is 12.6. The number of aromatic nitrogens is 1. The Labute approximate surface area is 139 Å². The monoisotopic (exact) mass is 331 g/mol. The highest BCUT2D eigenvalue weighted by atomic mass is 32.1. The third-order valence-corrected chi connectivity index (χ3v) is 6.05. The van der Waals surface area contributed by atoms with Crippen LogP contribution in [0.3, 0.4) is 0 Å². The van der Waals surface area contributed by atoms with Crippen molar-refractivity contribution in [2.45, 2.75) is 31.3 Å². The van der Waals surface area contributed by atoms with Gasteiger partial charge in [0.1, 0.15) is 5.60 Å². The van der Waals surface area contributed by atoms with E-state index in [1.807, 2.05) is 23.1 Å². The van der Waals surface area contributed by atoms with Crippen LogP contribution in [-0.2, 0) is 4.79 Å². The smallest absolute Gasteiger partial charge is 0.254 e. The standard InChI is InChI=1S/C17H21N3O2S/c21-15(17(22)7-3-4-8-17)19-9-11-20(12-10-19)16-18-13-5-1-2-6-14(13)23-16/h1-2,5-6,22H,3-4,7-12H2. The van der Waals surface area contributed by atoms with Gasteiger partial charge >= 0.3 is 0 Å². The normalized spacial score (nSPS) is 21.1. The van der Waals surface area contributed by atoms with Crippen LogP contribution in [0.1, 0.15) is 25.7 Å². The number of hydrogen-bond donors (Lipinski definition) is 1. The third-order valence-electron chi connectivity index (χ3n) is 4.95. The number of anilines is 1. The molecule has 1 saturated heterocycles. The summed E-state index contributed by atoms with van der Waals surface area (Å²) in [6, 6.07) is 8.16. The van der Waals surface area contributed by atoms with Crippen molar-refractivity contribution in [2.24, 2.45) is 0 Å². The van der Waals surface area contributed by atoms with Gasteiger partial charge in [-0.2, -0.15) is 0 Å². The topological polar surface area (TPSA) is 56.7 Å². The van der Waals surface area contributed by atoms with Crippen LogP contribution in [0.15, 0.2) is 24.3 Å². The van der Waals surface area contributed by atoms with E-state index in [4.69, 9.17) is 0 Å². The van der Waals surface area contributed by atoms with E-state index in [1.165, 1.54) is 4.70 Å². The number of thiazole rings is 1. The molecule has 0 bridgehead atoms. The van der Waals surface area contributed by atoms with Crippen LogP contribution < -0.4 is 4.90 Å². The molecule has 1 saturated carbocycles. The number of piperazine rings is 1. The molecule has 0 radical (unpaired) electrons. The van der Waals surface area contributed by atoms with Crippen molar-refractivity contribution < 1.29 is 9.90 Å². The molecule has 0 unspecified atom stereocenters. The van der Waals surface area contributed by atoms with Gasteiger partial charge in [0.15, 0.2) is 5.13 Å². The first-order chi connectivity index (χ1) is 11.2. The summed E-state index contributed by atoms with van der Waals surface area (Å²) >= 11 is 1.70. The van der Waals surface area contributed by atoms with E-state index in [0.717, 1.165) is 36.6 Å². The first-order valence-electron chi connectivity index (χ1n) is 8.28. The van der Waals surface area contributed by atoms with E-state index in [0.29, 0.717) is 25.9 Å². The fraction of sp³-hybridized carbons (Fsp3) is 0.529. The number of carbonyl (C=O) groups excluding carboxylic acids is 1. The highest BCUT2D eigenvalue weighted by Gasteiger charge is 2.42. The van der Waals surface area contributed by atoms with Gasteiger partial charge < -0.3 is 14.9 Å². The number of nitrogens with zero attached hydrogens (tertiary/aromatic N) is 3. The molecule has 4 rings (SSSR count). The Bertz CT molecular complexity index is 682. The van der Waals surface area contributed by atoms with Gasteiger partial charge in [0.05, 0.1) is 10.2 Å². The molecule has 6 heteroatoms. The zero-order valence-electron chi connectivity index (χ0n) is 13.1. The predicted octanol–water partition coefficient (Wildman–Crippen LogP) is 2.25. The van der Waals surface area contributed by atoms with Gasteiger partial charge in [-0.05, 0) is 37.8 Å². The Balaban J connectivity index is 1.43. The van der Waals surface area contributed by atoms with Crippen molar-refractivity contribution in [3.05, 3.63) is 24.3 Å². The van der Waals surface area contributed by atoms with Gasteiger partial charge in [0.2, 0.25) is 0 Å². The van der Waals surface area contributed by atoms with Gasteiger partial charge in [-0.1, -0.05) is 23.5 Å². The number of amides is 1. The minimum absolute atomic E-state index is 0.0704. The molecule has 1 aromatic carbocycles. The second-order valence-corrected chi connectivity index (χ2v) is 7.49. The highest BCUT2D eigenvalue weighted by molar-refractivity contribution is 7.22. The lowest BCUT2D eigenvalue weighted by Gasteiger charge is -2.37. The quantitative estimate of drug-likeness (QED) is 0.917. The molecule has 0 atom stereocenters. The number of rotatable bonds is 2. The summed E-state index contributed by atoms with van der Waals surface area (Å²) in [7, 11) is 0. The molecular formula is C17H21N3O2S. The van der Waals surface area contributed by atoms with E-state index in [2.05, 4.69) is 16.0 Å². The van der Waals surface area contributed by atoms with Crippen molar-refractivity contribution in [1.29, 1.82) is 0 Å². The second-order valence-electron chi connectivity index (χ2n) is 6.48. The molecule has 2 fully saturated rings. The summed E-state index contributed by atoms with van der Waals surface area (Å²) in [4.78, 5) is 21.3. The summed E-state index contributed by atoms with van der Waals surface area (Å²) in [5, 5.41) is 11.5. The molecule has 5 nitrogen and oxygen atoms in total. The maximum Gasteiger partial charge on any atom is 0.254 e. The molecule has 1 aromatic heterocycles. The van der Waals surface area contributed by atoms with Crippen molar-refractivity contribution >= 4 is 32.6 Å². The van der Waals surface area contributed by atoms with Crippen molar-refractivity contribution in [3.63, 3.8) is 0 Å². The van der Waals surface area contributed by atoms with Gasteiger partial charge in [-0.15, -0.1) is 0 Å². The molecule has 1 aliphatic carbocycles. The number of fused-ring (bicyclic) bond motifs is 1. The van der Waals surface area contributed by atoms with E-state index >= 15 is 0 Å². The van der Waals surface area contributed by atoms with Crippen LogP contribution in [0.4, 0.5) is 5.13 Å². The summed E-state index contributed by atoms with van der Waals surface area (Å²) in [6.45, 7) is 2.89. The lowest BCUT2D eigenvalue weighted by molar-refractivity contribution is -0.151. The van der Waals surface area contributed by atoms with Crippen LogP contribution in [0.2, 0.25) is 0 Å². The van der Waals surface area contributed by atoms with E-state index in [9.17, 15) is 9.90 Å². The molecule has 1 N–H and O–H groups in total. The van der Waals surface area contributed by atoms with Crippen LogP contribution in [0.25, 0.3) is 10.2 Å². The van der Waals surface area contributed by atoms with Gasteiger partial charge in [-0.25, -0.2) is 4.98 Å². The lowest BCUT2D eigenvalue weighted by Crippen LogP contribution is -2.55. The fourth-order valence-corrected chi connectivity index (χ4v) is 4.58. The van der Waals surface area contributed by atoms with E-state index < -0.39 is 5.60 Å². The number of carbonyl (C=O) groups is 1. The molecule has 2 aromatic rings. The summed E-state index contributed by atoms with van der Waals surface area (Å²) in [5.74, 6) is -0.0704. The summed E-state index contributed by atoms with van der Waals surface area (Å²) < 4.78 is 1.20. The number of hydrogen-bond acceptors (Lipinski definition) is 5. The molecule has 2 aliphatic rings. The number of para-hydroxylation sites is 1. The lowest BCUT2D eigenvalue weighted by atomic mass is 10.0. The third kappa shape index (κ3) is 2.70. The first-order valence-corrected chi connectivity index (χ1v) is 9.10. The van der Waals surface area contributed by atoms with Crippen molar-refractivity contribution in [1.82, 2.24) is 9.88 Å². The van der Waals surface area contributed by atoms with Crippen molar-refractivity contribution in [3.8, 4) is 0 Å². The Hall–Kier alpha value is -1.66. The maximum atomic E-state index is 12.6. The number of benzene rings is 1. The van der Waals surface area contributed by atoms with Crippen LogP contribution in [0.5, 0.6) is 0 Å². The largest absolute Gasteiger partial charge is 0.380 e. The van der Waals surface area contributed by atoms with E-state index in [-0.39, 0.29) is 5.91 Å². The van der Waals surface area contributed by atoms with Crippen LogP contribution in [0, 0.1) is 0 Å². The molecule has 1 amide bonds. The average molecular weight is 331 g/mol. The number of aliphatic hydroxyl groups is 1. The molecule has 23 heavy (non-hydrogen) atoms. The Kier molecular flexibility index (Phi) is 3.73. The molecule has 0 spiro atoms. The second kappa shape index (κ2) is 5.76. The van der Waals surface area contributed by atoms with Crippen molar-refractivity contribution in [2.75, 3.05) is 31.1 Å². The molecule has 1 aliphatic heterocycles. The average Bonchev–Trinajstić information content (AvgIpc) is 3.21. The highest BCUT2D eigenvalue weighted by Crippen LogP contribution is 2.32. The summed E-state index contributed by atoms with van der Waals surface area (Å²) in [6.07, 6.45) is 3.13.